The zero-order valence-corrected chi connectivity index (χ0v) is 10.4. The summed E-state index contributed by atoms with van der Waals surface area (Å²) >= 11 is 0. The number of nitrogens with zero attached hydrogens (tertiary/aromatic N) is 1. The van der Waals surface area contributed by atoms with E-state index in [2.05, 4.69) is 15.5 Å². The molecule has 0 saturated heterocycles. The molecule has 5 heteroatoms. The summed E-state index contributed by atoms with van der Waals surface area (Å²) < 4.78 is 0. The summed E-state index contributed by atoms with van der Waals surface area (Å²) in [6.07, 6.45) is 3.39. The lowest BCUT2D eigenvalue weighted by molar-refractivity contribution is -0.119. The second kappa shape index (κ2) is 5.64. The summed E-state index contributed by atoms with van der Waals surface area (Å²) in [6, 6.07) is 5.70. The maximum absolute atomic E-state index is 12.0. The number of nitrogens with one attached hydrogen (secondary N) is 2. The van der Waals surface area contributed by atoms with Crippen LogP contribution in [0.4, 0.5) is 5.69 Å². The van der Waals surface area contributed by atoms with Crippen LogP contribution in [0.3, 0.4) is 0 Å². The number of nitrogens with two attached hydrogens (primary N) is 1. The summed E-state index contributed by atoms with van der Waals surface area (Å²) in [5, 5.41) is 10.7. The van der Waals surface area contributed by atoms with E-state index in [1.165, 1.54) is 0 Å². The van der Waals surface area contributed by atoms with Crippen LogP contribution in [0.1, 0.15) is 19.8 Å². The van der Waals surface area contributed by atoms with Crippen LogP contribution >= 0.6 is 0 Å². The van der Waals surface area contributed by atoms with Gasteiger partial charge in [-0.2, -0.15) is 5.10 Å². The van der Waals surface area contributed by atoms with Crippen LogP contribution < -0.4 is 11.1 Å². The van der Waals surface area contributed by atoms with Crippen LogP contribution in [-0.4, -0.2) is 22.6 Å². The molecule has 1 heterocycles. The van der Waals surface area contributed by atoms with E-state index >= 15 is 0 Å². The highest BCUT2D eigenvalue weighted by Gasteiger charge is 2.13. The highest BCUT2D eigenvalue weighted by Crippen LogP contribution is 2.22. The van der Waals surface area contributed by atoms with E-state index in [1.54, 1.807) is 6.20 Å². The number of amides is 1. The zero-order chi connectivity index (χ0) is 13.0. The number of fused-ring (bicyclic) bond motifs is 1. The maximum Gasteiger partial charge on any atom is 0.227 e. The third-order valence-corrected chi connectivity index (χ3v) is 3.03. The van der Waals surface area contributed by atoms with Crippen molar-refractivity contribution in [2.75, 3.05) is 11.9 Å². The van der Waals surface area contributed by atoms with E-state index in [4.69, 9.17) is 5.73 Å². The highest BCUT2D eigenvalue weighted by atomic mass is 16.1. The number of hydrogen-bond acceptors (Lipinski definition) is 3. The summed E-state index contributed by atoms with van der Waals surface area (Å²) in [5.41, 5.74) is 7.16. The Labute approximate surface area is 106 Å². The zero-order valence-electron chi connectivity index (χ0n) is 10.4. The smallest absolute Gasteiger partial charge is 0.227 e. The van der Waals surface area contributed by atoms with Crippen LogP contribution in [0, 0.1) is 5.92 Å². The molecule has 18 heavy (non-hydrogen) atoms. The number of hydrogen-bond donors (Lipinski definition) is 3. The molecule has 2 aromatic rings. The van der Waals surface area contributed by atoms with Crippen molar-refractivity contribution in [3.63, 3.8) is 0 Å². The molecule has 0 saturated carbocycles. The van der Waals surface area contributed by atoms with Gasteiger partial charge < -0.3 is 11.1 Å². The minimum Gasteiger partial charge on any atom is -0.330 e. The second-order valence-electron chi connectivity index (χ2n) is 4.46. The van der Waals surface area contributed by atoms with E-state index in [1.807, 2.05) is 25.1 Å². The van der Waals surface area contributed by atoms with Crippen molar-refractivity contribution in [2.24, 2.45) is 11.7 Å². The minimum atomic E-state index is -0.0318. The van der Waals surface area contributed by atoms with Gasteiger partial charge in [0.05, 0.1) is 17.4 Å². The molecular weight excluding hydrogens is 228 g/mol. The van der Waals surface area contributed by atoms with Gasteiger partial charge in [0, 0.05) is 11.3 Å². The lowest BCUT2D eigenvalue weighted by Crippen LogP contribution is -2.21. The quantitative estimate of drug-likeness (QED) is 0.753. The standard InChI is InChI=1S/C13H18N4O/c1-9(4-3-7-14)13(18)16-11-5-2-6-12-10(11)8-15-17-12/h2,5-6,8-9H,3-4,7,14H2,1H3,(H,15,17)(H,16,18). The second-order valence-corrected chi connectivity index (χ2v) is 4.46. The molecule has 4 N–H and O–H groups in total. The highest BCUT2D eigenvalue weighted by molar-refractivity contribution is 6.01. The van der Waals surface area contributed by atoms with Crippen LogP contribution in [0.2, 0.25) is 0 Å². The molecule has 0 fully saturated rings. The largest absolute Gasteiger partial charge is 0.330 e. The van der Waals surface area contributed by atoms with Crippen molar-refractivity contribution in [2.45, 2.75) is 19.8 Å². The average Bonchev–Trinajstić information content (AvgIpc) is 2.85. The molecular formula is C13H18N4O. The van der Waals surface area contributed by atoms with Gasteiger partial charge in [-0.3, -0.25) is 9.89 Å². The van der Waals surface area contributed by atoms with Gasteiger partial charge in [0.2, 0.25) is 5.91 Å². The first-order chi connectivity index (χ1) is 8.72. The predicted molar refractivity (Wildman–Crippen MR) is 72.2 cm³/mol. The Morgan fingerprint density at radius 2 is 2.39 bits per heavy atom. The van der Waals surface area contributed by atoms with E-state index in [9.17, 15) is 4.79 Å². The van der Waals surface area contributed by atoms with Crippen molar-refractivity contribution in [3.8, 4) is 0 Å². The molecule has 1 unspecified atom stereocenters. The first-order valence-corrected chi connectivity index (χ1v) is 6.15. The molecule has 1 amide bonds. The molecule has 1 aromatic carbocycles. The normalized spacial score (nSPS) is 12.6. The Bertz CT molecular complexity index is 535. The van der Waals surface area contributed by atoms with Gasteiger partial charge in [0.15, 0.2) is 0 Å². The third-order valence-electron chi connectivity index (χ3n) is 3.03. The van der Waals surface area contributed by atoms with Crippen molar-refractivity contribution in [1.29, 1.82) is 0 Å². The summed E-state index contributed by atoms with van der Waals surface area (Å²) in [5.74, 6) is -0.00661. The Morgan fingerprint density at radius 3 is 3.17 bits per heavy atom. The number of aromatic nitrogens is 2. The third kappa shape index (κ3) is 2.68. The van der Waals surface area contributed by atoms with Gasteiger partial charge in [-0.1, -0.05) is 13.0 Å². The maximum atomic E-state index is 12.0. The first kappa shape index (κ1) is 12.6. The van der Waals surface area contributed by atoms with E-state index in [0.29, 0.717) is 6.54 Å². The van der Waals surface area contributed by atoms with Crippen LogP contribution in [0.25, 0.3) is 10.9 Å². The fourth-order valence-electron chi connectivity index (χ4n) is 1.89. The molecule has 0 aliphatic carbocycles. The monoisotopic (exact) mass is 246 g/mol. The molecule has 5 nitrogen and oxygen atoms in total. The first-order valence-electron chi connectivity index (χ1n) is 6.15. The predicted octanol–water partition coefficient (Wildman–Crippen LogP) is 1.88. The van der Waals surface area contributed by atoms with Gasteiger partial charge in [-0.25, -0.2) is 0 Å². The topological polar surface area (TPSA) is 83.8 Å². The SMILES string of the molecule is CC(CCCN)C(=O)Nc1cccc2[nH]ncc12. The average molecular weight is 246 g/mol. The van der Waals surface area contributed by atoms with Crippen LogP contribution in [0.5, 0.6) is 0 Å². The molecule has 2 rings (SSSR count). The molecule has 0 spiro atoms. The molecule has 0 radical (unpaired) electrons. The summed E-state index contributed by atoms with van der Waals surface area (Å²) in [4.78, 5) is 12.0. The van der Waals surface area contributed by atoms with Crippen LogP contribution in [-0.2, 0) is 4.79 Å². The van der Waals surface area contributed by atoms with Crippen molar-refractivity contribution < 1.29 is 4.79 Å². The summed E-state index contributed by atoms with van der Waals surface area (Å²) in [7, 11) is 0. The van der Waals surface area contributed by atoms with Gasteiger partial charge in [0.25, 0.3) is 0 Å². The fourth-order valence-corrected chi connectivity index (χ4v) is 1.89. The van der Waals surface area contributed by atoms with Gasteiger partial charge in [0.1, 0.15) is 0 Å². The fraction of sp³-hybridized carbons (Fsp3) is 0.385. The molecule has 96 valence electrons. The molecule has 0 aliphatic heterocycles. The Morgan fingerprint density at radius 1 is 1.56 bits per heavy atom. The van der Waals surface area contributed by atoms with Gasteiger partial charge >= 0.3 is 0 Å². The molecule has 1 aromatic heterocycles. The Kier molecular flexibility index (Phi) is 3.94. The van der Waals surface area contributed by atoms with E-state index in [-0.39, 0.29) is 11.8 Å². The lowest BCUT2D eigenvalue weighted by Gasteiger charge is -2.12. The van der Waals surface area contributed by atoms with Gasteiger partial charge in [-0.05, 0) is 31.5 Å². The van der Waals surface area contributed by atoms with Gasteiger partial charge in [-0.15, -0.1) is 0 Å². The van der Waals surface area contributed by atoms with E-state index in [0.717, 1.165) is 29.4 Å². The molecule has 0 aliphatic rings. The van der Waals surface area contributed by atoms with Crippen LogP contribution in [0.15, 0.2) is 24.4 Å². The van der Waals surface area contributed by atoms with E-state index < -0.39 is 0 Å². The summed E-state index contributed by atoms with van der Waals surface area (Å²) in [6.45, 7) is 2.54. The number of carbonyl (C=O) groups excluding carboxylic acids is 1. The Hall–Kier alpha value is -1.88. The number of rotatable bonds is 5. The number of aromatic amines is 1. The molecule has 0 bridgehead atoms. The number of anilines is 1. The lowest BCUT2D eigenvalue weighted by atomic mass is 10.0. The van der Waals surface area contributed by atoms with Crippen molar-refractivity contribution in [3.05, 3.63) is 24.4 Å². The van der Waals surface area contributed by atoms with Crippen molar-refractivity contribution >= 4 is 22.5 Å². The number of benzene rings is 1. The molecule has 1 atom stereocenters. The Balaban J connectivity index is 2.09. The number of carbonyl (C=O) groups is 1. The number of H-pyrrole nitrogens is 1. The van der Waals surface area contributed by atoms with Crippen molar-refractivity contribution in [1.82, 2.24) is 10.2 Å². The minimum absolute atomic E-state index is 0.0251.